The molecule has 2 heterocycles. The fourth-order valence-corrected chi connectivity index (χ4v) is 5.23. The van der Waals surface area contributed by atoms with Crippen LogP contribution in [0.4, 0.5) is 22.0 Å². The molecule has 1 aliphatic rings. The molecule has 1 fully saturated rings. The molecule has 0 radical (unpaired) electrons. The number of amides is 4. The number of carbonyl (C=O) groups is 5. The van der Waals surface area contributed by atoms with Crippen molar-refractivity contribution in [2.24, 2.45) is 11.7 Å². The monoisotopic (exact) mass is 738 g/mol. The van der Waals surface area contributed by atoms with Gasteiger partial charge in [-0.3, -0.25) is 19.2 Å². The van der Waals surface area contributed by atoms with E-state index in [4.69, 9.17) is 15.6 Å². The first-order valence-corrected chi connectivity index (χ1v) is 15.9. The maximum atomic E-state index is 14.0. The van der Waals surface area contributed by atoms with Gasteiger partial charge in [0.25, 0.3) is 0 Å². The fourth-order valence-electron chi connectivity index (χ4n) is 5.23. The Balaban J connectivity index is 0.000000944. The number of aliphatic carboxylic acids is 1. The summed E-state index contributed by atoms with van der Waals surface area (Å²) < 4.78 is 60.9. The van der Waals surface area contributed by atoms with Gasteiger partial charge in [0, 0.05) is 31.0 Å². The van der Waals surface area contributed by atoms with Gasteiger partial charge in [0.15, 0.2) is 0 Å². The zero-order chi connectivity index (χ0) is 38.9. The molecule has 1 saturated heterocycles. The van der Waals surface area contributed by atoms with Gasteiger partial charge in [0.2, 0.25) is 23.6 Å². The van der Waals surface area contributed by atoms with Gasteiger partial charge < -0.3 is 31.7 Å². The summed E-state index contributed by atoms with van der Waals surface area (Å²) in [5.41, 5.74) is 6.80. The normalized spacial score (nSPS) is 17.4. The van der Waals surface area contributed by atoms with E-state index in [1.54, 1.807) is 52.1 Å². The van der Waals surface area contributed by atoms with Crippen LogP contribution in [0.3, 0.4) is 0 Å². The zero-order valence-corrected chi connectivity index (χ0v) is 28.5. The van der Waals surface area contributed by atoms with E-state index in [1.165, 1.54) is 15.8 Å². The average molecular weight is 739 g/mol. The van der Waals surface area contributed by atoms with Crippen molar-refractivity contribution in [3.8, 4) is 11.3 Å². The Hall–Kier alpha value is -5.46. The number of hydrogen-bond acceptors (Lipinski definition) is 8. The highest BCUT2D eigenvalue weighted by atomic mass is 19.4. The number of alkyl halides is 3. The first-order chi connectivity index (χ1) is 24.3. The largest absolute Gasteiger partial charge is 0.490 e. The topological polar surface area (TPSA) is 202 Å². The Labute approximate surface area is 294 Å². The molecular formula is C33H39F5N8O6. The van der Waals surface area contributed by atoms with E-state index in [0.29, 0.717) is 0 Å². The third-order valence-electron chi connectivity index (χ3n) is 8.15. The minimum atomic E-state index is -5.08. The van der Waals surface area contributed by atoms with Crippen molar-refractivity contribution < 1.29 is 51.0 Å². The lowest BCUT2D eigenvalue weighted by molar-refractivity contribution is -0.192. The number of nitrogens with one attached hydrogen (secondary N) is 3. The summed E-state index contributed by atoms with van der Waals surface area (Å²) in [6.45, 7) is 5.22. The molecule has 4 rings (SSSR count). The minimum Gasteiger partial charge on any atom is -0.475 e. The Morgan fingerprint density at radius 3 is 2.12 bits per heavy atom. The van der Waals surface area contributed by atoms with Crippen LogP contribution in [0.15, 0.2) is 54.7 Å². The number of nitrogens with zero attached hydrogens (tertiary/aromatic N) is 4. The molecule has 0 unspecified atom stereocenters. The molecule has 1 aliphatic heterocycles. The van der Waals surface area contributed by atoms with Crippen LogP contribution in [0.25, 0.3) is 11.3 Å². The van der Waals surface area contributed by atoms with Crippen molar-refractivity contribution in [3.63, 3.8) is 0 Å². The number of nitrogens with two attached hydrogens (primary N) is 1. The van der Waals surface area contributed by atoms with E-state index in [1.807, 2.05) is 6.07 Å². The molecule has 14 nitrogen and oxygen atoms in total. The van der Waals surface area contributed by atoms with E-state index >= 15 is 0 Å². The molecule has 282 valence electrons. The van der Waals surface area contributed by atoms with Crippen molar-refractivity contribution in [3.05, 3.63) is 71.9 Å². The number of primary amides is 1. The second-order valence-electron chi connectivity index (χ2n) is 12.3. The molecule has 52 heavy (non-hydrogen) atoms. The van der Waals surface area contributed by atoms with Crippen molar-refractivity contribution in [1.82, 2.24) is 35.8 Å². The smallest absolute Gasteiger partial charge is 0.475 e. The lowest BCUT2D eigenvalue weighted by atomic mass is 10.0. The minimum absolute atomic E-state index is 0.0117. The predicted octanol–water partition coefficient (Wildman–Crippen LogP) is 1.96. The van der Waals surface area contributed by atoms with Crippen molar-refractivity contribution in [2.75, 3.05) is 13.6 Å². The second kappa shape index (κ2) is 17.7. The SMILES string of the molecule is CN[C@@H](C)C(=O)N[C@H](C(=O)N1C[C@@H](n2cc(-c3cc(F)cc(F)c3)nn2)C[C@H]1C(=O)N[C@@H](Cc1ccccc1)C(N)=O)C(C)C.O=C(O)C(F)(F)F. The molecule has 2 aromatic carbocycles. The van der Waals surface area contributed by atoms with Crippen LogP contribution < -0.4 is 21.7 Å². The first-order valence-electron chi connectivity index (χ1n) is 15.9. The lowest BCUT2D eigenvalue weighted by Gasteiger charge is -2.31. The number of rotatable bonds is 12. The van der Waals surface area contributed by atoms with Gasteiger partial charge in [-0.1, -0.05) is 49.4 Å². The molecule has 19 heteroatoms. The van der Waals surface area contributed by atoms with Crippen LogP contribution in [-0.4, -0.2) is 98.5 Å². The number of likely N-dealkylation sites (tertiary alicyclic amines) is 1. The quantitative estimate of drug-likeness (QED) is 0.172. The molecule has 0 spiro atoms. The number of carbonyl (C=O) groups excluding carboxylic acids is 4. The highest BCUT2D eigenvalue weighted by molar-refractivity contribution is 5.95. The van der Waals surface area contributed by atoms with Crippen LogP contribution in [0.2, 0.25) is 0 Å². The van der Waals surface area contributed by atoms with Crippen LogP contribution in [0.5, 0.6) is 0 Å². The number of halogens is 5. The van der Waals surface area contributed by atoms with E-state index in [0.717, 1.165) is 23.8 Å². The third-order valence-corrected chi connectivity index (χ3v) is 8.15. The van der Waals surface area contributed by atoms with Crippen LogP contribution in [-0.2, 0) is 30.4 Å². The van der Waals surface area contributed by atoms with Crippen LogP contribution in [0, 0.1) is 17.6 Å². The molecular weight excluding hydrogens is 699 g/mol. The number of aromatic nitrogens is 3. The highest BCUT2D eigenvalue weighted by Gasteiger charge is 2.44. The predicted molar refractivity (Wildman–Crippen MR) is 175 cm³/mol. The van der Waals surface area contributed by atoms with Gasteiger partial charge in [0.1, 0.15) is 35.5 Å². The number of benzene rings is 2. The Morgan fingerprint density at radius 2 is 1.60 bits per heavy atom. The summed E-state index contributed by atoms with van der Waals surface area (Å²) in [7, 11) is 1.62. The van der Waals surface area contributed by atoms with Gasteiger partial charge in [0.05, 0.1) is 18.3 Å². The summed E-state index contributed by atoms with van der Waals surface area (Å²) in [6.07, 6.45) is -3.37. The van der Waals surface area contributed by atoms with E-state index in [2.05, 4.69) is 26.3 Å². The second-order valence-corrected chi connectivity index (χ2v) is 12.3. The Kier molecular flexibility index (Phi) is 13.9. The van der Waals surface area contributed by atoms with Gasteiger partial charge in [-0.2, -0.15) is 13.2 Å². The van der Waals surface area contributed by atoms with Crippen LogP contribution >= 0.6 is 0 Å². The molecule has 6 N–H and O–H groups in total. The van der Waals surface area contributed by atoms with E-state index in [9.17, 15) is 41.1 Å². The molecule has 0 saturated carbocycles. The van der Waals surface area contributed by atoms with Gasteiger partial charge in [-0.05, 0) is 37.6 Å². The number of carboxylic acid groups (broad SMARTS) is 1. The zero-order valence-electron chi connectivity index (χ0n) is 28.5. The van der Waals surface area contributed by atoms with E-state index < -0.39 is 71.7 Å². The molecule has 0 aliphatic carbocycles. The standard InChI is InChI=1S/C31H38F2N8O4.C2HF3O2/c1-17(2)27(37-29(43)18(3)35-4)31(45)40-15-23(41-16-25(38-39-41)20-11-21(32)13-22(33)12-20)14-26(40)30(44)36-24(28(34)42)10-19-8-6-5-7-9-19;3-2(4,5)1(6)7/h5-9,11-13,16-18,23-24,26-27,35H,10,14-15H2,1-4H3,(H2,34,42)(H,36,44)(H,37,43);(H,6,7)/t18-,23-,24-,26-,27-;/m0./s1. The van der Waals surface area contributed by atoms with Crippen molar-refractivity contribution in [2.45, 2.75) is 70.0 Å². The maximum absolute atomic E-state index is 14.0. The Morgan fingerprint density at radius 1 is 1.00 bits per heavy atom. The van der Waals surface area contributed by atoms with Gasteiger partial charge in [-0.25, -0.2) is 18.3 Å². The third kappa shape index (κ3) is 11.0. The molecule has 3 aromatic rings. The van der Waals surface area contributed by atoms with Crippen molar-refractivity contribution >= 4 is 29.6 Å². The molecule has 0 bridgehead atoms. The molecule has 1 aromatic heterocycles. The van der Waals surface area contributed by atoms with Gasteiger partial charge in [-0.15, -0.1) is 5.10 Å². The fraction of sp³-hybridized carbons (Fsp3) is 0.424. The van der Waals surface area contributed by atoms with Crippen molar-refractivity contribution in [1.29, 1.82) is 0 Å². The Bertz CT molecular complexity index is 1720. The van der Waals surface area contributed by atoms with E-state index in [-0.39, 0.29) is 42.5 Å². The number of carboxylic acids is 1. The molecule has 4 amide bonds. The lowest BCUT2D eigenvalue weighted by Crippen LogP contribution is -2.58. The van der Waals surface area contributed by atoms with Gasteiger partial charge >= 0.3 is 12.1 Å². The first kappa shape index (κ1) is 41.0. The highest BCUT2D eigenvalue weighted by Crippen LogP contribution is 2.30. The summed E-state index contributed by atoms with van der Waals surface area (Å²) >= 11 is 0. The number of likely N-dealkylation sites (N-methyl/N-ethyl adjacent to an activating group) is 1. The summed E-state index contributed by atoms with van der Waals surface area (Å²) in [6, 6.07) is 7.83. The molecule has 5 atom stereocenters. The summed E-state index contributed by atoms with van der Waals surface area (Å²) in [4.78, 5) is 63.1. The summed E-state index contributed by atoms with van der Waals surface area (Å²) in [5, 5.41) is 23.6. The van der Waals surface area contributed by atoms with Crippen LogP contribution in [0.1, 0.15) is 38.8 Å². The average Bonchev–Trinajstić information content (AvgIpc) is 3.74. The summed E-state index contributed by atoms with van der Waals surface area (Å²) in [5.74, 6) is -6.85. The maximum Gasteiger partial charge on any atom is 0.490 e. The number of hydrogen-bond donors (Lipinski definition) is 5.